The lowest BCUT2D eigenvalue weighted by molar-refractivity contribution is -0.110. The van der Waals surface area contributed by atoms with Crippen LogP contribution in [-0.2, 0) is 16.0 Å². The lowest BCUT2D eigenvalue weighted by Crippen LogP contribution is -2.46. The molecule has 3 N–H and O–H groups in total. The fraction of sp³-hybridized carbons (Fsp3) is 0.440. The fourth-order valence-electron chi connectivity index (χ4n) is 5.08. The maximum atomic E-state index is 14.0. The molecule has 8 nitrogen and oxygen atoms in total. The Bertz CT molecular complexity index is 1200. The van der Waals surface area contributed by atoms with Crippen LogP contribution < -0.4 is 5.32 Å². The number of aliphatic hydroxyl groups excluding tert-OH is 1. The molecule has 10 heteroatoms. The third-order valence-corrected chi connectivity index (χ3v) is 7.47. The Morgan fingerprint density at radius 3 is 2.77 bits per heavy atom. The van der Waals surface area contributed by atoms with E-state index in [1.54, 1.807) is 11.0 Å². The molecule has 1 unspecified atom stereocenters. The van der Waals surface area contributed by atoms with Gasteiger partial charge in [-0.05, 0) is 59.5 Å². The Balaban J connectivity index is 1.39. The van der Waals surface area contributed by atoms with Crippen LogP contribution in [0, 0.1) is 12.7 Å². The number of halogens is 2. The van der Waals surface area contributed by atoms with Crippen molar-refractivity contribution in [2.24, 2.45) is 0 Å². The number of aromatic nitrogens is 1. The van der Waals surface area contributed by atoms with Crippen molar-refractivity contribution < 1.29 is 23.8 Å². The number of H-pyrrole nitrogens is 1. The van der Waals surface area contributed by atoms with Gasteiger partial charge in [0.05, 0.1) is 36.1 Å². The van der Waals surface area contributed by atoms with Crippen LogP contribution >= 0.6 is 15.9 Å². The van der Waals surface area contributed by atoms with Crippen LogP contribution in [0.15, 0.2) is 16.6 Å². The number of hydrogen-bond acceptors (Lipinski definition) is 5. The summed E-state index contributed by atoms with van der Waals surface area (Å²) in [6.07, 6.45) is 2.48. The molecule has 1 saturated heterocycles. The summed E-state index contributed by atoms with van der Waals surface area (Å²) in [6.45, 7) is 6.06. The molecule has 1 fully saturated rings. The second-order valence-electron chi connectivity index (χ2n) is 9.26. The number of nitrogens with zero attached hydrogens (tertiary/aromatic N) is 2. The first-order valence-electron chi connectivity index (χ1n) is 11.8. The largest absolute Gasteiger partial charge is 0.390 e. The molecule has 2 amide bonds. The van der Waals surface area contributed by atoms with Gasteiger partial charge in [0.15, 0.2) is 0 Å². The van der Waals surface area contributed by atoms with Gasteiger partial charge in [0.2, 0.25) is 0 Å². The molecule has 0 spiro atoms. The number of amides is 2. The van der Waals surface area contributed by atoms with E-state index in [1.807, 2.05) is 6.92 Å². The quantitative estimate of drug-likeness (QED) is 0.501. The smallest absolute Gasteiger partial charge is 0.256 e. The van der Waals surface area contributed by atoms with Crippen molar-refractivity contribution in [1.29, 1.82) is 0 Å². The zero-order valence-corrected chi connectivity index (χ0v) is 21.1. The van der Waals surface area contributed by atoms with E-state index in [-0.39, 0.29) is 18.4 Å². The number of ether oxygens (including phenoxy) is 1. The molecule has 0 radical (unpaired) electrons. The Hall–Kier alpha value is -2.53. The van der Waals surface area contributed by atoms with E-state index in [1.165, 1.54) is 12.1 Å². The average molecular weight is 547 g/mol. The van der Waals surface area contributed by atoms with Gasteiger partial charge in [0, 0.05) is 54.1 Å². The molecular formula is C25H28BrFN4O4. The number of fused-ring (bicyclic) bond motifs is 2. The summed E-state index contributed by atoms with van der Waals surface area (Å²) in [5.74, 6) is -0.893. The monoisotopic (exact) mass is 546 g/mol. The van der Waals surface area contributed by atoms with E-state index in [9.17, 15) is 19.1 Å². The highest BCUT2D eigenvalue weighted by Crippen LogP contribution is 2.39. The molecule has 35 heavy (non-hydrogen) atoms. The molecule has 0 saturated carbocycles. The fourth-order valence-corrected chi connectivity index (χ4v) is 5.61. The highest BCUT2D eigenvalue weighted by molar-refractivity contribution is 9.10. The Kier molecular flexibility index (Phi) is 6.80. The van der Waals surface area contributed by atoms with E-state index < -0.39 is 11.9 Å². The van der Waals surface area contributed by atoms with Gasteiger partial charge >= 0.3 is 0 Å². The zero-order chi connectivity index (χ0) is 24.7. The second-order valence-corrected chi connectivity index (χ2v) is 10.1. The van der Waals surface area contributed by atoms with Crippen LogP contribution in [0.25, 0.3) is 11.6 Å². The van der Waals surface area contributed by atoms with E-state index in [0.29, 0.717) is 65.3 Å². The highest BCUT2D eigenvalue weighted by Gasteiger charge is 2.31. The number of aliphatic hydroxyl groups is 1. The summed E-state index contributed by atoms with van der Waals surface area (Å²) in [7, 11) is 0. The van der Waals surface area contributed by atoms with Crippen LogP contribution in [0.3, 0.4) is 0 Å². The summed E-state index contributed by atoms with van der Waals surface area (Å²) >= 11 is 3.30. The summed E-state index contributed by atoms with van der Waals surface area (Å²) in [6, 6.07) is 2.64. The van der Waals surface area contributed by atoms with Gasteiger partial charge in [-0.15, -0.1) is 0 Å². The van der Waals surface area contributed by atoms with Crippen LogP contribution in [0.4, 0.5) is 10.1 Å². The molecule has 1 atom stereocenters. The van der Waals surface area contributed by atoms with E-state index >= 15 is 0 Å². The lowest BCUT2D eigenvalue weighted by atomic mass is 10.0. The standard InChI is InChI=1S/C25H28BrFN4O4/c1-14-21(11-18-17-9-15(27)10-19(26)23(17)29-24(18)33)28-20-3-2-4-31(25(34)22(14)20)13-16(32)12-30-5-7-35-8-6-30/h9-11,16,28,32H,2-8,12-13H2,1H3,(H,29,33)/b18-11-. The molecule has 5 rings (SSSR count). The van der Waals surface area contributed by atoms with Crippen LogP contribution in [0.2, 0.25) is 0 Å². The van der Waals surface area contributed by atoms with Gasteiger partial charge in [-0.3, -0.25) is 14.5 Å². The predicted octanol–water partition coefficient (Wildman–Crippen LogP) is 2.80. The van der Waals surface area contributed by atoms with E-state index in [0.717, 1.165) is 30.8 Å². The number of carbonyl (C=O) groups excluding carboxylic acids is 2. The van der Waals surface area contributed by atoms with Crippen molar-refractivity contribution in [2.45, 2.75) is 25.9 Å². The highest BCUT2D eigenvalue weighted by atomic mass is 79.9. The van der Waals surface area contributed by atoms with E-state index in [2.05, 4.69) is 31.1 Å². The summed E-state index contributed by atoms with van der Waals surface area (Å²) < 4.78 is 19.9. The Morgan fingerprint density at radius 2 is 2.00 bits per heavy atom. The SMILES string of the molecule is Cc1c(/C=C2\C(=O)Nc3c(Br)cc(F)cc32)[nH]c2c1C(=O)N(CC(O)CN1CCOCC1)CCC2. The number of aromatic amines is 1. The number of β-amino-alcohol motifs (C(OH)–C–C–N with tert-alkyl or cyclic N) is 1. The van der Waals surface area contributed by atoms with Crippen molar-refractivity contribution in [2.75, 3.05) is 51.3 Å². The van der Waals surface area contributed by atoms with Gasteiger partial charge in [-0.25, -0.2) is 4.39 Å². The first-order valence-corrected chi connectivity index (χ1v) is 12.6. The lowest BCUT2D eigenvalue weighted by Gasteiger charge is -2.31. The number of aryl methyl sites for hydroxylation is 1. The average Bonchev–Trinajstić information content (AvgIpc) is 3.24. The van der Waals surface area contributed by atoms with Gasteiger partial charge in [-0.1, -0.05) is 0 Å². The summed E-state index contributed by atoms with van der Waals surface area (Å²) in [5.41, 5.74) is 4.15. The molecule has 4 heterocycles. The minimum atomic E-state index is -0.647. The van der Waals surface area contributed by atoms with Crippen LogP contribution in [0.1, 0.15) is 39.3 Å². The minimum Gasteiger partial charge on any atom is -0.390 e. The number of rotatable bonds is 5. The van der Waals surface area contributed by atoms with Crippen LogP contribution in [0.5, 0.6) is 0 Å². The molecule has 1 aromatic carbocycles. The third-order valence-electron chi connectivity index (χ3n) is 6.84. The third kappa shape index (κ3) is 4.80. The molecule has 0 bridgehead atoms. The van der Waals surface area contributed by atoms with Crippen molar-refractivity contribution in [1.82, 2.24) is 14.8 Å². The number of carbonyl (C=O) groups is 2. The van der Waals surface area contributed by atoms with Crippen molar-refractivity contribution in [3.05, 3.63) is 50.5 Å². The van der Waals surface area contributed by atoms with E-state index in [4.69, 9.17) is 4.74 Å². The normalized spacial score (nSPS) is 20.6. The molecule has 0 aliphatic carbocycles. The second kappa shape index (κ2) is 9.85. The number of morpholine rings is 1. The number of anilines is 1. The van der Waals surface area contributed by atoms with Crippen molar-refractivity contribution in [3.63, 3.8) is 0 Å². The minimum absolute atomic E-state index is 0.123. The topological polar surface area (TPSA) is 97.9 Å². The van der Waals surface area contributed by atoms with Gasteiger partial charge in [-0.2, -0.15) is 0 Å². The van der Waals surface area contributed by atoms with Crippen LogP contribution in [-0.4, -0.2) is 83.7 Å². The number of nitrogens with one attached hydrogen (secondary N) is 2. The first kappa shape index (κ1) is 24.2. The Morgan fingerprint density at radius 1 is 1.23 bits per heavy atom. The summed E-state index contributed by atoms with van der Waals surface area (Å²) in [4.78, 5) is 33.4. The molecule has 2 aromatic rings. The Labute approximate surface area is 211 Å². The van der Waals surface area contributed by atoms with Gasteiger partial charge < -0.3 is 25.0 Å². The maximum Gasteiger partial charge on any atom is 0.256 e. The number of hydrogen-bond donors (Lipinski definition) is 3. The number of benzene rings is 1. The van der Waals surface area contributed by atoms with Crippen molar-refractivity contribution in [3.8, 4) is 0 Å². The molecule has 186 valence electrons. The molecule has 1 aromatic heterocycles. The molecule has 3 aliphatic rings. The maximum absolute atomic E-state index is 14.0. The first-order chi connectivity index (χ1) is 16.8. The predicted molar refractivity (Wildman–Crippen MR) is 134 cm³/mol. The molecule has 3 aliphatic heterocycles. The van der Waals surface area contributed by atoms with Gasteiger partial charge in [0.25, 0.3) is 11.8 Å². The zero-order valence-electron chi connectivity index (χ0n) is 19.5. The van der Waals surface area contributed by atoms with Gasteiger partial charge in [0.1, 0.15) is 5.82 Å². The van der Waals surface area contributed by atoms with Crippen molar-refractivity contribution >= 4 is 45.1 Å². The summed E-state index contributed by atoms with van der Waals surface area (Å²) in [5, 5.41) is 13.4. The molecular weight excluding hydrogens is 519 g/mol.